The van der Waals surface area contributed by atoms with Crippen molar-refractivity contribution in [2.75, 3.05) is 59.6 Å². The Balaban J connectivity index is 1.06. The largest absolute Gasteiger partial charge is 0.445 e. The average molecular weight is 1500 g/mol. The lowest BCUT2D eigenvalue weighted by atomic mass is 9.89. The molecule has 1 fully saturated rings. The summed E-state index contributed by atoms with van der Waals surface area (Å²) in [5.41, 5.74) is 5.40. The van der Waals surface area contributed by atoms with Gasteiger partial charge in [0.15, 0.2) is 0 Å². The van der Waals surface area contributed by atoms with E-state index in [4.69, 9.17) is 29.4 Å². The second-order valence-corrected chi connectivity index (χ2v) is 27.2. The molecule has 11 atom stereocenters. The number of likely N-dealkylation sites (tertiary alicyclic amines) is 1. The standard InChI is InChI=1S/C71H96F5N11O17S/c1-13-39(4)60(49(99-11)36-52(90)87-28-17-20-48(87)61(100-12)40(5)63(92)83-47(67-78-27-33-105-67)34-43-18-15-14-16-19-43)86(10)68(96)59(38(2)3)84-69(97)71(8,9)85-70(98)103-37-44-21-23-45(24-22-44)81-66(95)46(35-50(77)88)82-65(94)42(7)80-64(93)41(6)79-51(89)25-29-101-31-32-102-30-26-53(91)104-62-57(75)55(73)54(72)56(74)58(62)76/h14-16,18-19,21-24,27,33,38-42,46-49,59-61H,13,17,20,25-26,28-32,34-37H2,1-12H3,(H2,77,88)(H,79,89)(H,80,93)(H,81,95)(H,82,94)(H,83,92)(H,84,97)(H,85,98)/t39-,40?,41-,42-,46-,47-,48-,49+,59-,60?,61+/m0/s1. The van der Waals surface area contributed by atoms with Crippen molar-refractivity contribution in [2.45, 2.75) is 180 Å². The Morgan fingerprint density at radius 2 is 1.32 bits per heavy atom. The van der Waals surface area contributed by atoms with Gasteiger partial charge in [-0.05, 0) is 82.1 Å². The predicted molar refractivity (Wildman–Crippen MR) is 372 cm³/mol. The molecule has 28 nitrogen and oxygen atoms in total. The summed E-state index contributed by atoms with van der Waals surface area (Å²) in [6, 6.07) is 9.05. The molecule has 5 rings (SSSR count). The number of likely N-dealkylation sites (N-methyl/N-ethyl adjacent to an activating group) is 1. The molecular weight excluding hydrogens is 1410 g/mol. The molecule has 1 aliphatic rings. The number of nitrogens with two attached hydrogens (primary N) is 1. The van der Waals surface area contributed by atoms with Gasteiger partial charge in [0.1, 0.15) is 41.3 Å². The van der Waals surface area contributed by atoms with Crippen LogP contribution in [-0.2, 0) is 84.7 Å². The summed E-state index contributed by atoms with van der Waals surface area (Å²) >= 11 is 1.45. The molecule has 0 aliphatic carbocycles. The normalized spacial score (nSPS) is 15.8. The first kappa shape index (κ1) is 86.4. The summed E-state index contributed by atoms with van der Waals surface area (Å²) in [6.45, 7) is 13.9. The van der Waals surface area contributed by atoms with Crippen LogP contribution in [0, 0.1) is 46.8 Å². The molecule has 3 aromatic carbocycles. The van der Waals surface area contributed by atoms with E-state index in [0.29, 0.717) is 37.8 Å². The third-order valence-corrected chi connectivity index (χ3v) is 18.5. The molecule has 0 saturated carbocycles. The van der Waals surface area contributed by atoms with E-state index in [0.717, 1.165) is 10.6 Å². The lowest BCUT2D eigenvalue weighted by Gasteiger charge is -2.41. The molecule has 9 N–H and O–H groups in total. The Morgan fingerprint density at radius 3 is 1.90 bits per heavy atom. The van der Waals surface area contributed by atoms with E-state index in [1.807, 2.05) is 49.6 Å². The fraction of sp³-hybridized carbons (Fsp3) is 0.549. The molecule has 10 amide bonds. The number of rotatable bonds is 41. The van der Waals surface area contributed by atoms with E-state index in [1.165, 1.54) is 82.4 Å². The Morgan fingerprint density at radius 1 is 0.714 bits per heavy atom. The molecule has 105 heavy (non-hydrogen) atoms. The minimum atomic E-state index is -2.42. The Kier molecular flexibility index (Phi) is 34.1. The van der Waals surface area contributed by atoms with Crippen molar-refractivity contribution in [3.05, 3.63) is 111 Å². The van der Waals surface area contributed by atoms with Crippen LogP contribution in [0.2, 0.25) is 0 Å². The maximum Gasteiger partial charge on any atom is 0.408 e. The summed E-state index contributed by atoms with van der Waals surface area (Å²) in [7, 11) is 4.62. The van der Waals surface area contributed by atoms with Crippen LogP contribution >= 0.6 is 11.3 Å². The molecule has 0 radical (unpaired) electrons. The maximum absolute atomic E-state index is 14.7. The minimum absolute atomic E-state index is 0.105. The van der Waals surface area contributed by atoms with Gasteiger partial charge in [-0.15, -0.1) is 11.3 Å². The fourth-order valence-corrected chi connectivity index (χ4v) is 12.2. The van der Waals surface area contributed by atoms with E-state index >= 15 is 0 Å². The number of aromatic nitrogens is 1. The zero-order valence-electron chi connectivity index (χ0n) is 60.8. The highest BCUT2D eigenvalue weighted by Crippen LogP contribution is 2.32. The number of amides is 10. The topological polar surface area (TPSA) is 373 Å². The number of ether oxygens (including phenoxy) is 6. The molecule has 2 heterocycles. The summed E-state index contributed by atoms with van der Waals surface area (Å²) in [4.78, 5) is 154. The second kappa shape index (κ2) is 41.4. The number of carbonyl (C=O) groups is 11. The van der Waals surface area contributed by atoms with E-state index in [1.54, 1.807) is 38.9 Å². The molecule has 578 valence electrons. The number of alkyl carbamates (subject to hydrolysis) is 1. The van der Waals surface area contributed by atoms with Crippen LogP contribution in [0.3, 0.4) is 0 Å². The number of esters is 1. The summed E-state index contributed by atoms with van der Waals surface area (Å²) < 4.78 is 99.7. The van der Waals surface area contributed by atoms with Crippen molar-refractivity contribution < 1.29 is 103 Å². The van der Waals surface area contributed by atoms with Gasteiger partial charge in [0.2, 0.25) is 88.0 Å². The molecule has 1 saturated heterocycles. The van der Waals surface area contributed by atoms with Crippen LogP contribution in [0.15, 0.2) is 66.2 Å². The van der Waals surface area contributed by atoms with E-state index in [2.05, 4.69) is 46.9 Å². The van der Waals surface area contributed by atoms with Crippen LogP contribution in [0.4, 0.5) is 32.4 Å². The van der Waals surface area contributed by atoms with Gasteiger partial charge in [-0.3, -0.25) is 47.9 Å². The number of nitrogens with zero attached hydrogens (tertiary/aromatic N) is 3. The number of hydrogen-bond donors (Lipinski definition) is 8. The first-order valence-corrected chi connectivity index (χ1v) is 35.1. The molecule has 34 heteroatoms. The van der Waals surface area contributed by atoms with E-state index in [-0.39, 0.29) is 68.7 Å². The van der Waals surface area contributed by atoms with Gasteiger partial charge < -0.3 is 81.2 Å². The fourth-order valence-electron chi connectivity index (χ4n) is 11.5. The SMILES string of the molecule is CC[C@H](C)C([C@@H](CC(=O)N1CCC[C@H]1[C@H](OC)C(C)C(=O)N[C@@H](Cc1ccccc1)c1nccs1)OC)N(C)C(=O)[C@@H](NC(=O)C(C)(C)NC(=O)OCc1ccc(NC(=O)[C@H](CC(N)=O)NC(=O)[C@H](C)NC(=O)[C@H](C)NC(=O)CCOCCOCCC(=O)Oc2c(F)c(F)c(F)c(F)c2F)cc1)C(C)C. The summed E-state index contributed by atoms with van der Waals surface area (Å²) in [6.07, 6.45) is -0.000978. The highest BCUT2D eigenvalue weighted by atomic mass is 32.1. The zero-order valence-corrected chi connectivity index (χ0v) is 61.7. The highest BCUT2D eigenvalue weighted by molar-refractivity contribution is 7.09. The highest BCUT2D eigenvalue weighted by Gasteiger charge is 2.44. The molecule has 1 aromatic heterocycles. The smallest absolute Gasteiger partial charge is 0.408 e. The van der Waals surface area contributed by atoms with Crippen LogP contribution in [-0.4, -0.2) is 188 Å². The summed E-state index contributed by atoms with van der Waals surface area (Å²) in [5.74, 6) is -21.9. The molecule has 4 aromatic rings. The van der Waals surface area contributed by atoms with E-state index < -0.39 is 174 Å². The van der Waals surface area contributed by atoms with Gasteiger partial charge >= 0.3 is 12.1 Å². The van der Waals surface area contributed by atoms with Gasteiger partial charge in [0.25, 0.3) is 0 Å². The lowest BCUT2D eigenvalue weighted by Crippen LogP contribution is -2.62. The number of nitrogens with one attached hydrogen (secondary N) is 7. The Hall–Kier alpha value is -9.25. The number of thiazole rings is 1. The average Bonchev–Trinajstić information content (AvgIpc) is 1.10. The number of benzene rings is 3. The second-order valence-electron chi connectivity index (χ2n) is 26.3. The molecule has 0 bridgehead atoms. The third kappa shape index (κ3) is 25.5. The van der Waals surface area contributed by atoms with Crippen molar-refractivity contribution in [2.24, 2.45) is 23.5 Å². The first-order chi connectivity index (χ1) is 49.6. The minimum Gasteiger partial charge on any atom is -0.445 e. The zero-order chi connectivity index (χ0) is 78.0. The molecular formula is C71H96F5N11O17S. The summed E-state index contributed by atoms with van der Waals surface area (Å²) in [5, 5.41) is 20.9. The van der Waals surface area contributed by atoms with Crippen LogP contribution in [0.25, 0.3) is 0 Å². The van der Waals surface area contributed by atoms with Crippen LogP contribution in [0.1, 0.15) is 129 Å². The Labute approximate surface area is 610 Å². The van der Waals surface area contributed by atoms with Gasteiger partial charge in [-0.2, -0.15) is 8.78 Å². The molecule has 1 aliphatic heterocycles. The van der Waals surface area contributed by atoms with Gasteiger partial charge in [0, 0.05) is 51.5 Å². The number of primary amides is 1. The van der Waals surface area contributed by atoms with Crippen molar-refractivity contribution in [3.8, 4) is 5.75 Å². The van der Waals surface area contributed by atoms with Crippen molar-refractivity contribution in [3.63, 3.8) is 0 Å². The van der Waals surface area contributed by atoms with Gasteiger partial charge in [0.05, 0.1) is 81.9 Å². The third-order valence-electron chi connectivity index (χ3n) is 17.6. The van der Waals surface area contributed by atoms with Crippen molar-refractivity contribution >= 4 is 82.3 Å². The number of anilines is 1. The van der Waals surface area contributed by atoms with Crippen LogP contribution in [0.5, 0.6) is 5.75 Å². The number of methoxy groups -OCH3 is 2. The maximum atomic E-state index is 14.7. The van der Waals surface area contributed by atoms with Crippen LogP contribution < -0.4 is 47.7 Å². The predicted octanol–water partition coefficient (Wildman–Crippen LogP) is 5.73. The first-order valence-electron chi connectivity index (χ1n) is 34.2. The number of carbonyl (C=O) groups excluding carboxylic acids is 11. The molecule has 0 spiro atoms. The van der Waals surface area contributed by atoms with Crippen molar-refractivity contribution in [1.82, 2.24) is 46.7 Å². The number of hydrogen-bond acceptors (Lipinski definition) is 19. The monoisotopic (exact) mass is 1500 g/mol. The van der Waals surface area contributed by atoms with Gasteiger partial charge in [-0.1, -0.05) is 83.5 Å². The Bertz CT molecular complexity index is 3590. The number of halogens is 5. The van der Waals surface area contributed by atoms with Crippen molar-refractivity contribution in [1.29, 1.82) is 0 Å². The van der Waals surface area contributed by atoms with E-state index in [9.17, 15) is 74.7 Å². The lowest BCUT2D eigenvalue weighted by molar-refractivity contribution is -0.148. The molecule has 2 unspecified atom stereocenters. The van der Waals surface area contributed by atoms with Gasteiger partial charge in [-0.25, -0.2) is 22.9 Å². The quantitative estimate of drug-likeness (QED) is 0.00656.